The first-order valence-electron chi connectivity index (χ1n) is 6.70. The number of Topliss-reactive ketones (excluding diaryl/α,β-unsaturated/α-hetero) is 1. The molecule has 1 rings (SSSR count). The third-order valence-corrected chi connectivity index (χ3v) is 3.46. The zero-order valence-corrected chi connectivity index (χ0v) is 14.2. The van der Waals surface area contributed by atoms with E-state index in [9.17, 15) is 18.4 Å². The molecule has 1 N–H and O–H groups in total. The summed E-state index contributed by atoms with van der Waals surface area (Å²) in [5.41, 5.74) is -0.278. The van der Waals surface area contributed by atoms with Gasteiger partial charge in [0.05, 0.1) is 11.0 Å². The maximum absolute atomic E-state index is 13.3. The van der Waals surface area contributed by atoms with Crippen molar-refractivity contribution in [2.75, 3.05) is 6.54 Å². The number of benzene rings is 1. The number of ether oxygens (including phenoxy) is 1. The summed E-state index contributed by atoms with van der Waals surface area (Å²) < 4.78 is 31.6. The van der Waals surface area contributed by atoms with Gasteiger partial charge in [0.1, 0.15) is 17.2 Å². The summed E-state index contributed by atoms with van der Waals surface area (Å²) in [5.74, 6) is -1.67. The smallest absolute Gasteiger partial charge is 0.408 e. The quantitative estimate of drug-likeness (QED) is 0.794. The van der Waals surface area contributed by atoms with Crippen LogP contribution in [0.3, 0.4) is 0 Å². The molecule has 0 atom stereocenters. The second-order valence-corrected chi connectivity index (χ2v) is 6.55. The fourth-order valence-electron chi connectivity index (χ4n) is 1.64. The number of nitrogens with one attached hydrogen (secondary N) is 1. The summed E-state index contributed by atoms with van der Waals surface area (Å²) in [6, 6.07) is 1.93. The van der Waals surface area contributed by atoms with Gasteiger partial charge in [-0.1, -0.05) is 0 Å². The summed E-state index contributed by atoms with van der Waals surface area (Å²) in [6.45, 7) is 4.95. The molecule has 122 valence electrons. The summed E-state index contributed by atoms with van der Waals surface area (Å²) in [4.78, 5) is 23.1. The monoisotopic (exact) mass is 377 g/mol. The molecule has 0 aliphatic rings. The van der Waals surface area contributed by atoms with Gasteiger partial charge in [-0.15, -0.1) is 0 Å². The second kappa shape index (κ2) is 7.67. The van der Waals surface area contributed by atoms with Crippen molar-refractivity contribution >= 4 is 27.8 Å². The standard InChI is InChI=1S/C15H18BrF2NO3/c1-15(2,3)22-14(21)19-8-11(20)5-4-9-6-10(17)7-12(18)13(9)16/h6-7H,4-5,8H2,1-3H3,(H,19,21). The fourth-order valence-corrected chi connectivity index (χ4v) is 2.07. The third-order valence-electron chi connectivity index (χ3n) is 2.57. The molecule has 0 aliphatic carbocycles. The molecular weight excluding hydrogens is 360 g/mol. The van der Waals surface area contributed by atoms with E-state index in [2.05, 4.69) is 21.2 Å². The van der Waals surface area contributed by atoms with Gasteiger partial charge in [-0.05, 0) is 54.8 Å². The van der Waals surface area contributed by atoms with E-state index in [1.807, 2.05) is 0 Å². The number of carbonyl (C=O) groups excluding carboxylic acids is 2. The summed E-state index contributed by atoms with van der Waals surface area (Å²) >= 11 is 3.02. The average molecular weight is 378 g/mol. The Morgan fingerprint density at radius 2 is 1.91 bits per heavy atom. The van der Waals surface area contributed by atoms with Crippen LogP contribution in [0.1, 0.15) is 32.8 Å². The molecule has 1 aromatic rings. The van der Waals surface area contributed by atoms with Gasteiger partial charge >= 0.3 is 6.09 Å². The maximum atomic E-state index is 13.3. The van der Waals surface area contributed by atoms with Crippen LogP contribution in [-0.4, -0.2) is 24.0 Å². The number of hydrogen-bond acceptors (Lipinski definition) is 3. The van der Waals surface area contributed by atoms with Gasteiger partial charge in [0, 0.05) is 12.5 Å². The van der Waals surface area contributed by atoms with Crippen molar-refractivity contribution in [2.45, 2.75) is 39.2 Å². The van der Waals surface area contributed by atoms with Gasteiger partial charge in [-0.3, -0.25) is 4.79 Å². The number of amides is 1. The lowest BCUT2D eigenvalue weighted by Crippen LogP contribution is -2.35. The highest BCUT2D eigenvalue weighted by Gasteiger charge is 2.17. The number of halogens is 3. The zero-order chi connectivity index (χ0) is 16.9. The predicted molar refractivity (Wildman–Crippen MR) is 81.6 cm³/mol. The lowest BCUT2D eigenvalue weighted by atomic mass is 10.1. The largest absolute Gasteiger partial charge is 0.444 e. The molecule has 1 amide bonds. The van der Waals surface area contributed by atoms with E-state index in [0.29, 0.717) is 5.56 Å². The van der Waals surface area contributed by atoms with Gasteiger partial charge in [0.15, 0.2) is 5.78 Å². The number of aryl methyl sites for hydroxylation is 1. The normalized spacial score (nSPS) is 11.2. The summed E-state index contributed by atoms with van der Waals surface area (Å²) in [6.07, 6.45) is -0.458. The molecule has 0 aromatic heterocycles. The minimum absolute atomic E-state index is 0.0529. The van der Waals surface area contributed by atoms with E-state index in [-0.39, 0.29) is 29.6 Å². The first kappa shape index (κ1) is 18.5. The van der Waals surface area contributed by atoms with Crippen molar-refractivity contribution in [1.82, 2.24) is 5.32 Å². The van der Waals surface area contributed by atoms with Gasteiger partial charge in [0.2, 0.25) is 0 Å². The first-order chi connectivity index (χ1) is 10.1. The van der Waals surface area contributed by atoms with Crippen LogP contribution >= 0.6 is 15.9 Å². The molecule has 7 heteroatoms. The van der Waals surface area contributed by atoms with Crippen LogP contribution in [0.5, 0.6) is 0 Å². The molecule has 4 nitrogen and oxygen atoms in total. The minimum Gasteiger partial charge on any atom is -0.444 e. The number of rotatable bonds is 5. The highest BCUT2D eigenvalue weighted by molar-refractivity contribution is 9.10. The van der Waals surface area contributed by atoms with Crippen molar-refractivity contribution in [3.63, 3.8) is 0 Å². The Hall–Kier alpha value is -1.50. The SMILES string of the molecule is CC(C)(C)OC(=O)NCC(=O)CCc1cc(F)cc(F)c1Br. The van der Waals surface area contributed by atoms with Crippen LogP contribution in [0.25, 0.3) is 0 Å². The Morgan fingerprint density at radius 3 is 2.50 bits per heavy atom. The number of alkyl carbamates (subject to hydrolysis) is 1. The topological polar surface area (TPSA) is 55.4 Å². The molecule has 1 aromatic carbocycles. The van der Waals surface area contributed by atoms with Crippen molar-refractivity contribution < 1.29 is 23.1 Å². The maximum Gasteiger partial charge on any atom is 0.408 e. The molecule has 0 radical (unpaired) electrons. The predicted octanol–water partition coefficient (Wildman–Crippen LogP) is 3.75. The lowest BCUT2D eigenvalue weighted by molar-refractivity contribution is -0.118. The van der Waals surface area contributed by atoms with E-state index < -0.39 is 23.3 Å². The van der Waals surface area contributed by atoms with E-state index in [1.54, 1.807) is 20.8 Å². The van der Waals surface area contributed by atoms with Crippen molar-refractivity contribution in [3.8, 4) is 0 Å². The Balaban J connectivity index is 2.46. The third kappa shape index (κ3) is 6.51. The minimum atomic E-state index is -0.714. The van der Waals surface area contributed by atoms with E-state index >= 15 is 0 Å². The fraction of sp³-hybridized carbons (Fsp3) is 0.467. The van der Waals surface area contributed by atoms with Crippen LogP contribution in [0.15, 0.2) is 16.6 Å². The van der Waals surface area contributed by atoms with E-state index in [0.717, 1.165) is 6.07 Å². The van der Waals surface area contributed by atoms with Crippen LogP contribution in [-0.2, 0) is 16.0 Å². The Bertz CT molecular complexity index is 571. The number of ketones is 1. The van der Waals surface area contributed by atoms with Gasteiger partial charge in [0.25, 0.3) is 0 Å². The van der Waals surface area contributed by atoms with Gasteiger partial charge < -0.3 is 10.1 Å². The Labute approximate surface area is 136 Å². The molecule has 0 bridgehead atoms. The van der Waals surface area contributed by atoms with E-state index in [1.165, 1.54) is 6.07 Å². The number of carbonyl (C=O) groups is 2. The van der Waals surface area contributed by atoms with Crippen molar-refractivity contribution in [2.24, 2.45) is 0 Å². The average Bonchev–Trinajstić information content (AvgIpc) is 2.37. The molecule has 0 fully saturated rings. The Kier molecular flexibility index (Phi) is 6.47. The second-order valence-electron chi connectivity index (χ2n) is 5.75. The zero-order valence-electron chi connectivity index (χ0n) is 12.6. The molecule has 22 heavy (non-hydrogen) atoms. The van der Waals surface area contributed by atoms with Gasteiger partial charge in [-0.2, -0.15) is 0 Å². The van der Waals surface area contributed by atoms with Crippen molar-refractivity contribution in [1.29, 1.82) is 0 Å². The molecule has 0 saturated carbocycles. The van der Waals surface area contributed by atoms with Crippen LogP contribution in [0.2, 0.25) is 0 Å². The molecule has 0 saturated heterocycles. The van der Waals surface area contributed by atoms with Crippen molar-refractivity contribution in [3.05, 3.63) is 33.8 Å². The first-order valence-corrected chi connectivity index (χ1v) is 7.50. The highest BCUT2D eigenvalue weighted by atomic mass is 79.9. The summed E-state index contributed by atoms with van der Waals surface area (Å²) in [5, 5.41) is 2.34. The molecule has 0 aliphatic heterocycles. The van der Waals surface area contributed by atoms with Gasteiger partial charge in [-0.25, -0.2) is 13.6 Å². The van der Waals surface area contributed by atoms with E-state index in [4.69, 9.17) is 4.74 Å². The number of hydrogen-bond donors (Lipinski definition) is 1. The van der Waals surface area contributed by atoms with Crippen LogP contribution < -0.4 is 5.32 Å². The van der Waals surface area contributed by atoms with Crippen LogP contribution in [0, 0.1) is 11.6 Å². The van der Waals surface area contributed by atoms with Crippen LogP contribution in [0.4, 0.5) is 13.6 Å². The molecule has 0 spiro atoms. The lowest BCUT2D eigenvalue weighted by Gasteiger charge is -2.19. The molecular formula is C15H18BrF2NO3. The highest BCUT2D eigenvalue weighted by Crippen LogP contribution is 2.23. The Morgan fingerprint density at radius 1 is 1.27 bits per heavy atom. The molecule has 0 heterocycles. The summed E-state index contributed by atoms with van der Waals surface area (Å²) in [7, 11) is 0. The molecule has 0 unspecified atom stereocenters.